The minimum Gasteiger partial charge on any atom is -0.497 e. The molecule has 0 saturated carbocycles. The SMILES string of the molecule is COc1ccc(CNC(=O)COc2ccc(-c3cccs3)cc2CN2CCCC2)c(OC)c1. The Morgan fingerprint density at radius 3 is 2.58 bits per heavy atom. The average Bonchev–Trinajstić information content (AvgIpc) is 3.56. The Kier molecular flexibility index (Phi) is 7.86. The zero-order valence-electron chi connectivity index (χ0n) is 19.1. The van der Waals surface area contributed by atoms with Crippen molar-refractivity contribution < 1.29 is 19.0 Å². The van der Waals surface area contributed by atoms with Gasteiger partial charge >= 0.3 is 0 Å². The molecule has 0 atom stereocenters. The normalized spacial score (nSPS) is 13.6. The van der Waals surface area contributed by atoms with E-state index in [1.807, 2.05) is 18.2 Å². The zero-order valence-corrected chi connectivity index (χ0v) is 20.0. The van der Waals surface area contributed by atoms with Crippen molar-refractivity contribution >= 4 is 17.2 Å². The van der Waals surface area contributed by atoms with Crippen LogP contribution in [-0.4, -0.2) is 44.7 Å². The van der Waals surface area contributed by atoms with Crippen LogP contribution in [0.3, 0.4) is 0 Å². The first-order valence-electron chi connectivity index (χ1n) is 11.2. The van der Waals surface area contributed by atoms with Crippen LogP contribution in [0.15, 0.2) is 53.9 Å². The van der Waals surface area contributed by atoms with Gasteiger partial charge in [0.25, 0.3) is 5.91 Å². The smallest absolute Gasteiger partial charge is 0.258 e. The number of methoxy groups -OCH3 is 2. The number of carbonyl (C=O) groups is 1. The van der Waals surface area contributed by atoms with Gasteiger partial charge in [-0.25, -0.2) is 0 Å². The largest absolute Gasteiger partial charge is 0.497 e. The molecule has 174 valence electrons. The zero-order chi connectivity index (χ0) is 23.0. The molecule has 1 fully saturated rings. The lowest BCUT2D eigenvalue weighted by molar-refractivity contribution is -0.123. The number of ether oxygens (including phenoxy) is 3. The van der Waals surface area contributed by atoms with Gasteiger partial charge in [0.2, 0.25) is 0 Å². The Labute approximate surface area is 199 Å². The molecule has 2 aromatic carbocycles. The minimum atomic E-state index is -0.178. The van der Waals surface area contributed by atoms with Crippen LogP contribution in [0.2, 0.25) is 0 Å². The van der Waals surface area contributed by atoms with Crippen LogP contribution in [0.5, 0.6) is 17.2 Å². The predicted octanol–water partition coefficient (Wildman–Crippen LogP) is 4.72. The van der Waals surface area contributed by atoms with Crippen molar-refractivity contribution in [3.63, 3.8) is 0 Å². The first kappa shape index (κ1) is 23.1. The van der Waals surface area contributed by atoms with E-state index in [9.17, 15) is 4.79 Å². The lowest BCUT2D eigenvalue weighted by Crippen LogP contribution is -2.29. The third-order valence-corrected chi connectivity index (χ3v) is 6.71. The second-order valence-corrected chi connectivity index (χ2v) is 8.97. The molecule has 2 heterocycles. The lowest BCUT2D eigenvalue weighted by Gasteiger charge is -2.19. The van der Waals surface area contributed by atoms with Gasteiger partial charge in [0, 0.05) is 35.2 Å². The number of hydrogen-bond acceptors (Lipinski definition) is 6. The summed E-state index contributed by atoms with van der Waals surface area (Å²) in [4.78, 5) is 16.2. The van der Waals surface area contributed by atoms with Crippen LogP contribution in [0, 0.1) is 0 Å². The number of carbonyl (C=O) groups excluding carboxylic acids is 1. The summed E-state index contributed by atoms with van der Waals surface area (Å²) < 4.78 is 16.6. The molecule has 1 N–H and O–H groups in total. The van der Waals surface area contributed by atoms with E-state index in [1.165, 1.54) is 23.3 Å². The average molecular weight is 467 g/mol. The van der Waals surface area contributed by atoms with Gasteiger partial charge < -0.3 is 19.5 Å². The number of benzene rings is 2. The van der Waals surface area contributed by atoms with Crippen LogP contribution in [-0.2, 0) is 17.9 Å². The van der Waals surface area contributed by atoms with Crippen LogP contribution < -0.4 is 19.5 Å². The lowest BCUT2D eigenvalue weighted by atomic mass is 10.1. The van der Waals surface area contributed by atoms with Gasteiger partial charge in [0.05, 0.1) is 14.2 Å². The van der Waals surface area contributed by atoms with Crippen LogP contribution >= 0.6 is 11.3 Å². The van der Waals surface area contributed by atoms with Crippen LogP contribution in [0.4, 0.5) is 0 Å². The van der Waals surface area contributed by atoms with Crippen LogP contribution in [0.25, 0.3) is 10.4 Å². The van der Waals surface area contributed by atoms with Crippen molar-refractivity contribution in [2.24, 2.45) is 0 Å². The maximum absolute atomic E-state index is 12.5. The highest BCUT2D eigenvalue weighted by molar-refractivity contribution is 7.13. The number of likely N-dealkylation sites (tertiary alicyclic amines) is 1. The number of nitrogens with zero attached hydrogens (tertiary/aromatic N) is 1. The summed E-state index contributed by atoms with van der Waals surface area (Å²) >= 11 is 1.72. The molecule has 0 spiro atoms. The summed E-state index contributed by atoms with van der Waals surface area (Å²) in [6.07, 6.45) is 2.47. The summed E-state index contributed by atoms with van der Waals surface area (Å²) in [7, 11) is 3.21. The summed E-state index contributed by atoms with van der Waals surface area (Å²) in [5.74, 6) is 1.97. The van der Waals surface area contributed by atoms with Crippen LogP contribution in [0.1, 0.15) is 24.0 Å². The fourth-order valence-corrected chi connectivity index (χ4v) is 4.73. The van der Waals surface area contributed by atoms with E-state index in [2.05, 4.69) is 39.9 Å². The van der Waals surface area contributed by atoms with E-state index in [1.54, 1.807) is 31.6 Å². The van der Waals surface area contributed by atoms with Gasteiger partial charge in [0.15, 0.2) is 6.61 Å². The quantitative estimate of drug-likeness (QED) is 0.468. The third-order valence-electron chi connectivity index (χ3n) is 5.79. The molecule has 1 aromatic heterocycles. The molecule has 1 amide bonds. The molecule has 6 nitrogen and oxygen atoms in total. The summed E-state index contributed by atoms with van der Waals surface area (Å²) in [5.41, 5.74) is 3.18. The fraction of sp³-hybridized carbons (Fsp3) is 0.346. The summed E-state index contributed by atoms with van der Waals surface area (Å²) in [6.45, 7) is 3.36. The molecule has 33 heavy (non-hydrogen) atoms. The maximum atomic E-state index is 12.5. The Morgan fingerprint density at radius 1 is 1.00 bits per heavy atom. The molecule has 3 aromatic rings. The van der Waals surface area contributed by atoms with Gasteiger partial charge in [-0.1, -0.05) is 6.07 Å². The number of rotatable bonds is 10. The van der Waals surface area contributed by atoms with Gasteiger partial charge in [-0.3, -0.25) is 9.69 Å². The standard InChI is InChI=1S/C26H30N2O4S/c1-30-22-9-7-20(24(15-22)31-2)16-27-26(29)18-32-23-10-8-19(25-6-5-13-33-25)14-21(23)17-28-11-3-4-12-28/h5-10,13-15H,3-4,11-12,16-18H2,1-2H3,(H,27,29). The predicted molar refractivity (Wildman–Crippen MR) is 131 cm³/mol. The van der Waals surface area contributed by atoms with Gasteiger partial charge in [-0.2, -0.15) is 0 Å². The summed E-state index contributed by atoms with van der Waals surface area (Å²) in [6, 6.07) is 16.0. The van der Waals surface area contributed by atoms with Crippen molar-refractivity contribution in [3.8, 4) is 27.7 Å². The third kappa shape index (κ3) is 6.06. The molecule has 1 saturated heterocycles. The fourth-order valence-electron chi connectivity index (χ4n) is 4.01. The molecular weight excluding hydrogens is 436 g/mol. The number of thiophene rings is 1. The van der Waals surface area contributed by atoms with Crippen molar-refractivity contribution in [3.05, 3.63) is 65.0 Å². The topological polar surface area (TPSA) is 60.0 Å². The van der Waals surface area contributed by atoms with Crippen molar-refractivity contribution in [1.29, 1.82) is 0 Å². The molecule has 0 bridgehead atoms. The van der Waals surface area contributed by atoms with E-state index < -0.39 is 0 Å². The molecule has 0 unspecified atom stereocenters. The van der Waals surface area contributed by atoms with Gasteiger partial charge in [0.1, 0.15) is 17.2 Å². The Morgan fingerprint density at radius 2 is 1.85 bits per heavy atom. The Hall–Kier alpha value is -3.03. The molecular formula is C26H30N2O4S. The van der Waals surface area contributed by atoms with E-state index in [0.717, 1.165) is 36.5 Å². The molecule has 0 radical (unpaired) electrons. The van der Waals surface area contributed by atoms with E-state index in [-0.39, 0.29) is 12.5 Å². The van der Waals surface area contributed by atoms with E-state index in [0.29, 0.717) is 18.0 Å². The minimum absolute atomic E-state index is 0.0379. The number of nitrogens with one attached hydrogen (secondary N) is 1. The van der Waals surface area contributed by atoms with Crippen molar-refractivity contribution in [2.75, 3.05) is 33.9 Å². The van der Waals surface area contributed by atoms with Gasteiger partial charge in [-0.15, -0.1) is 11.3 Å². The first-order chi connectivity index (χ1) is 16.2. The van der Waals surface area contributed by atoms with Crippen molar-refractivity contribution in [2.45, 2.75) is 25.9 Å². The maximum Gasteiger partial charge on any atom is 0.258 e. The number of amides is 1. The highest BCUT2D eigenvalue weighted by Gasteiger charge is 2.16. The number of hydrogen-bond donors (Lipinski definition) is 1. The monoisotopic (exact) mass is 466 g/mol. The second-order valence-electron chi connectivity index (χ2n) is 8.03. The Bertz CT molecular complexity index is 1060. The summed E-state index contributed by atoms with van der Waals surface area (Å²) in [5, 5.41) is 5.00. The molecule has 0 aliphatic carbocycles. The van der Waals surface area contributed by atoms with Gasteiger partial charge in [-0.05, 0) is 73.3 Å². The second kappa shape index (κ2) is 11.2. The molecule has 1 aliphatic heterocycles. The van der Waals surface area contributed by atoms with Crippen molar-refractivity contribution in [1.82, 2.24) is 10.2 Å². The highest BCUT2D eigenvalue weighted by atomic mass is 32.1. The van der Waals surface area contributed by atoms with E-state index >= 15 is 0 Å². The molecule has 1 aliphatic rings. The molecule has 4 rings (SSSR count). The first-order valence-corrected chi connectivity index (χ1v) is 12.0. The highest BCUT2D eigenvalue weighted by Crippen LogP contribution is 2.31. The molecule has 7 heteroatoms. The Balaban J connectivity index is 1.40. The van der Waals surface area contributed by atoms with E-state index in [4.69, 9.17) is 14.2 Å².